The summed E-state index contributed by atoms with van der Waals surface area (Å²) in [6.45, 7) is 1.98. The number of thioether (sulfide) groups is 1. The highest BCUT2D eigenvalue weighted by molar-refractivity contribution is 7.99. The van der Waals surface area contributed by atoms with Crippen LogP contribution in [0.1, 0.15) is 66.8 Å². The van der Waals surface area contributed by atoms with Gasteiger partial charge in [0, 0.05) is 34.3 Å². The van der Waals surface area contributed by atoms with Crippen molar-refractivity contribution >= 4 is 28.6 Å². The van der Waals surface area contributed by atoms with Crippen molar-refractivity contribution < 1.29 is 9.21 Å². The van der Waals surface area contributed by atoms with Crippen LogP contribution in [0.3, 0.4) is 0 Å². The fourth-order valence-corrected chi connectivity index (χ4v) is 5.21. The summed E-state index contributed by atoms with van der Waals surface area (Å²) in [7, 11) is 0. The molecule has 1 aliphatic rings. The summed E-state index contributed by atoms with van der Waals surface area (Å²) in [5.74, 6) is 1.11. The summed E-state index contributed by atoms with van der Waals surface area (Å²) in [4.78, 5) is 17.1. The van der Waals surface area contributed by atoms with Crippen LogP contribution in [0.25, 0.3) is 11.0 Å². The summed E-state index contributed by atoms with van der Waals surface area (Å²) in [6, 6.07) is 11.7. The maximum absolute atomic E-state index is 13.0. The molecule has 1 aromatic carbocycles. The Morgan fingerprint density at radius 1 is 1.18 bits per heavy atom. The molecule has 2 heterocycles. The van der Waals surface area contributed by atoms with Gasteiger partial charge in [-0.15, -0.1) is 0 Å². The van der Waals surface area contributed by atoms with Crippen LogP contribution in [0, 0.1) is 0 Å². The average molecular weight is 395 g/mol. The van der Waals surface area contributed by atoms with Crippen LogP contribution < -0.4 is 5.32 Å². The van der Waals surface area contributed by atoms with E-state index >= 15 is 0 Å². The summed E-state index contributed by atoms with van der Waals surface area (Å²) in [5.41, 5.74) is 2.83. The topological polar surface area (TPSA) is 55.1 Å². The summed E-state index contributed by atoms with van der Waals surface area (Å²) >= 11 is 1.97. The van der Waals surface area contributed by atoms with E-state index in [1.54, 1.807) is 12.4 Å². The second-order valence-electron chi connectivity index (χ2n) is 7.45. The molecule has 1 fully saturated rings. The summed E-state index contributed by atoms with van der Waals surface area (Å²) in [5, 5.41) is 4.82. The smallest absolute Gasteiger partial charge is 0.287 e. The Labute approximate surface area is 170 Å². The third-order valence-corrected chi connectivity index (χ3v) is 6.87. The monoisotopic (exact) mass is 394 g/mol. The lowest BCUT2D eigenvalue weighted by Gasteiger charge is -2.21. The maximum Gasteiger partial charge on any atom is 0.287 e. The standard InChI is InChI=1S/C23H26N2O2S/c1-16(17-11-13-24-14-12-17)25-23(26)22-20(15-28-18-7-3-2-4-8-18)19-9-5-6-10-21(19)27-22/h5-6,9-14,16,18H,2-4,7-8,15H2,1H3,(H,25,26). The van der Waals surface area contributed by atoms with Gasteiger partial charge in [0.1, 0.15) is 5.58 Å². The van der Waals surface area contributed by atoms with Crippen LogP contribution in [-0.2, 0) is 5.75 Å². The van der Waals surface area contributed by atoms with Gasteiger partial charge in [-0.25, -0.2) is 0 Å². The quantitative estimate of drug-likeness (QED) is 0.567. The van der Waals surface area contributed by atoms with Gasteiger partial charge < -0.3 is 9.73 Å². The van der Waals surface area contributed by atoms with Crippen molar-refractivity contribution in [2.24, 2.45) is 0 Å². The molecule has 1 amide bonds. The number of fused-ring (bicyclic) bond motifs is 1. The number of nitrogens with one attached hydrogen (secondary N) is 1. The van der Waals surface area contributed by atoms with Crippen molar-refractivity contribution in [3.8, 4) is 0 Å². The molecule has 5 heteroatoms. The minimum atomic E-state index is -0.153. The molecule has 0 aliphatic heterocycles. The minimum Gasteiger partial charge on any atom is -0.451 e. The van der Waals surface area contributed by atoms with Crippen LogP contribution in [0.2, 0.25) is 0 Å². The van der Waals surface area contributed by atoms with Gasteiger partial charge in [-0.1, -0.05) is 37.5 Å². The molecule has 3 aromatic rings. The first-order chi connectivity index (χ1) is 13.7. The number of aromatic nitrogens is 1. The van der Waals surface area contributed by atoms with Crippen molar-refractivity contribution in [2.45, 2.75) is 56.1 Å². The van der Waals surface area contributed by atoms with E-state index in [0.29, 0.717) is 11.0 Å². The maximum atomic E-state index is 13.0. The van der Waals surface area contributed by atoms with E-state index in [1.165, 1.54) is 32.1 Å². The predicted octanol–water partition coefficient (Wildman–Crippen LogP) is 5.88. The second kappa shape index (κ2) is 8.82. The molecule has 0 radical (unpaired) electrons. The Hall–Kier alpha value is -2.27. The molecule has 1 N–H and O–H groups in total. The molecule has 146 valence electrons. The molecule has 4 nitrogen and oxygen atoms in total. The molecule has 1 saturated carbocycles. The number of benzene rings is 1. The van der Waals surface area contributed by atoms with Crippen molar-refractivity contribution in [2.75, 3.05) is 0 Å². The zero-order valence-corrected chi connectivity index (χ0v) is 17.0. The molecular weight excluding hydrogens is 368 g/mol. The van der Waals surface area contributed by atoms with Crippen LogP contribution in [-0.4, -0.2) is 16.1 Å². The molecule has 0 spiro atoms. The van der Waals surface area contributed by atoms with Crippen molar-refractivity contribution in [1.29, 1.82) is 0 Å². The SMILES string of the molecule is CC(NC(=O)c1oc2ccccc2c1CSC1CCCCC1)c1ccncc1. The molecule has 4 rings (SSSR count). The molecule has 0 bridgehead atoms. The predicted molar refractivity (Wildman–Crippen MR) is 115 cm³/mol. The molecule has 0 saturated heterocycles. The number of amides is 1. The van der Waals surface area contributed by atoms with E-state index in [1.807, 2.05) is 49.0 Å². The van der Waals surface area contributed by atoms with Crippen LogP contribution in [0.5, 0.6) is 0 Å². The first kappa shape index (κ1) is 19.1. The Kier molecular flexibility index (Phi) is 6.01. The molecule has 1 unspecified atom stereocenters. The highest BCUT2D eigenvalue weighted by atomic mass is 32.2. The number of hydrogen-bond acceptors (Lipinski definition) is 4. The van der Waals surface area contributed by atoms with Gasteiger partial charge in [0.05, 0.1) is 6.04 Å². The zero-order chi connectivity index (χ0) is 19.3. The van der Waals surface area contributed by atoms with E-state index in [4.69, 9.17) is 4.42 Å². The van der Waals surface area contributed by atoms with Crippen molar-refractivity contribution in [3.05, 3.63) is 65.7 Å². The van der Waals surface area contributed by atoms with Gasteiger partial charge in [0.25, 0.3) is 5.91 Å². The zero-order valence-electron chi connectivity index (χ0n) is 16.2. The summed E-state index contributed by atoms with van der Waals surface area (Å²) < 4.78 is 6.00. The van der Waals surface area contributed by atoms with Gasteiger partial charge in [-0.3, -0.25) is 9.78 Å². The number of nitrogens with zero attached hydrogens (tertiary/aromatic N) is 1. The second-order valence-corrected chi connectivity index (χ2v) is 8.74. The Morgan fingerprint density at radius 2 is 1.93 bits per heavy atom. The van der Waals surface area contributed by atoms with E-state index in [2.05, 4.69) is 16.4 Å². The highest BCUT2D eigenvalue weighted by Gasteiger charge is 2.23. The van der Waals surface area contributed by atoms with E-state index < -0.39 is 0 Å². The lowest BCUT2D eigenvalue weighted by Crippen LogP contribution is -2.27. The Bertz CT molecular complexity index is 932. The van der Waals surface area contributed by atoms with Crippen LogP contribution in [0.4, 0.5) is 0 Å². The third-order valence-electron chi connectivity index (χ3n) is 5.47. The van der Waals surface area contributed by atoms with Gasteiger partial charge >= 0.3 is 0 Å². The lowest BCUT2D eigenvalue weighted by molar-refractivity contribution is 0.0913. The van der Waals surface area contributed by atoms with E-state index in [0.717, 1.165) is 27.8 Å². The van der Waals surface area contributed by atoms with Gasteiger partial charge in [0.15, 0.2) is 5.76 Å². The Balaban J connectivity index is 1.55. The number of carbonyl (C=O) groups is 1. The fourth-order valence-electron chi connectivity index (χ4n) is 3.86. The number of carbonyl (C=O) groups excluding carboxylic acids is 1. The normalized spacial score (nSPS) is 16.2. The van der Waals surface area contributed by atoms with E-state index in [9.17, 15) is 4.79 Å². The van der Waals surface area contributed by atoms with Crippen LogP contribution >= 0.6 is 11.8 Å². The molecule has 28 heavy (non-hydrogen) atoms. The first-order valence-electron chi connectivity index (χ1n) is 10.0. The van der Waals surface area contributed by atoms with Gasteiger partial charge in [-0.05, 0) is 43.5 Å². The third kappa shape index (κ3) is 4.25. The van der Waals surface area contributed by atoms with Gasteiger partial charge in [-0.2, -0.15) is 11.8 Å². The molecule has 1 aliphatic carbocycles. The number of para-hydroxylation sites is 1. The van der Waals surface area contributed by atoms with Crippen LogP contribution in [0.15, 0.2) is 53.2 Å². The Morgan fingerprint density at radius 3 is 2.71 bits per heavy atom. The summed E-state index contributed by atoms with van der Waals surface area (Å²) in [6.07, 6.45) is 10.0. The first-order valence-corrected chi connectivity index (χ1v) is 11.1. The number of rotatable bonds is 6. The number of hydrogen-bond donors (Lipinski definition) is 1. The fraction of sp³-hybridized carbons (Fsp3) is 0.391. The molecule has 1 atom stereocenters. The minimum absolute atomic E-state index is 0.109. The average Bonchev–Trinajstić information content (AvgIpc) is 3.12. The highest BCUT2D eigenvalue weighted by Crippen LogP contribution is 2.35. The molecule has 2 aromatic heterocycles. The van der Waals surface area contributed by atoms with Gasteiger partial charge in [0.2, 0.25) is 0 Å². The number of furan rings is 1. The molecular formula is C23H26N2O2S. The lowest BCUT2D eigenvalue weighted by atomic mass is 10.0. The largest absolute Gasteiger partial charge is 0.451 e. The number of pyridine rings is 1. The van der Waals surface area contributed by atoms with Crippen molar-refractivity contribution in [3.63, 3.8) is 0 Å². The van der Waals surface area contributed by atoms with E-state index in [-0.39, 0.29) is 11.9 Å². The van der Waals surface area contributed by atoms with Crippen molar-refractivity contribution in [1.82, 2.24) is 10.3 Å².